The average Bonchev–Trinajstić information content (AvgIpc) is 3.08. The minimum Gasteiger partial charge on any atom is -0.372 e. The standard InChI is InChI=1S/C14H16N2O/c1-2-4-13-11(3-1)12-5-6-16(7-10-9-17-10)8-14(12)15-13/h1-4,10,15H,5-9H2/t10-/m1/s1. The van der Waals surface area contributed by atoms with E-state index in [4.69, 9.17) is 4.74 Å². The highest BCUT2D eigenvalue weighted by Crippen LogP contribution is 2.28. The highest BCUT2D eigenvalue weighted by atomic mass is 16.6. The third kappa shape index (κ3) is 1.66. The van der Waals surface area contributed by atoms with E-state index in [9.17, 15) is 0 Å². The molecule has 0 spiro atoms. The Hall–Kier alpha value is -1.32. The summed E-state index contributed by atoms with van der Waals surface area (Å²) in [5.41, 5.74) is 4.20. The van der Waals surface area contributed by atoms with Crippen LogP contribution in [-0.2, 0) is 17.7 Å². The molecule has 17 heavy (non-hydrogen) atoms. The number of ether oxygens (including phenoxy) is 1. The van der Waals surface area contributed by atoms with E-state index in [-0.39, 0.29) is 0 Å². The first-order valence-corrected chi connectivity index (χ1v) is 6.32. The molecule has 1 fully saturated rings. The number of H-pyrrole nitrogens is 1. The Balaban J connectivity index is 1.67. The molecule has 2 aliphatic rings. The Morgan fingerprint density at radius 3 is 3.12 bits per heavy atom. The number of rotatable bonds is 2. The summed E-state index contributed by atoms with van der Waals surface area (Å²) in [5, 5.41) is 1.41. The van der Waals surface area contributed by atoms with E-state index in [1.54, 1.807) is 0 Å². The van der Waals surface area contributed by atoms with Crippen LogP contribution in [0.5, 0.6) is 0 Å². The molecule has 1 saturated heterocycles. The molecule has 4 rings (SSSR count). The van der Waals surface area contributed by atoms with Crippen molar-refractivity contribution < 1.29 is 4.74 Å². The van der Waals surface area contributed by atoms with Crippen LogP contribution in [0.3, 0.4) is 0 Å². The van der Waals surface area contributed by atoms with Crippen molar-refractivity contribution in [1.29, 1.82) is 0 Å². The Morgan fingerprint density at radius 2 is 2.24 bits per heavy atom. The van der Waals surface area contributed by atoms with Gasteiger partial charge >= 0.3 is 0 Å². The van der Waals surface area contributed by atoms with E-state index in [2.05, 4.69) is 34.1 Å². The number of nitrogens with one attached hydrogen (secondary N) is 1. The minimum atomic E-state index is 0.501. The van der Waals surface area contributed by atoms with E-state index in [0.29, 0.717) is 6.10 Å². The number of para-hydroxylation sites is 1. The van der Waals surface area contributed by atoms with Gasteiger partial charge in [-0.15, -0.1) is 0 Å². The molecule has 3 heteroatoms. The largest absolute Gasteiger partial charge is 0.372 e. The van der Waals surface area contributed by atoms with Gasteiger partial charge in [-0.05, 0) is 18.1 Å². The molecular formula is C14H16N2O. The maximum Gasteiger partial charge on any atom is 0.0936 e. The summed E-state index contributed by atoms with van der Waals surface area (Å²) in [6.07, 6.45) is 1.66. The number of aromatic nitrogens is 1. The molecule has 1 atom stereocenters. The maximum absolute atomic E-state index is 5.31. The highest BCUT2D eigenvalue weighted by molar-refractivity contribution is 5.84. The molecule has 3 nitrogen and oxygen atoms in total. The monoisotopic (exact) mass is 228 g/mol. The van der Waals surface area contributed by atoms with Crippen molar-refractivity contribution in [3.63, 3.8) is 0 Å². The summed E-state index contributed by atoms with van der Waals surface area (Å²) < 4.78 is 5.31. The maximum atomic E-state index is 5.31. The lowest BCUT2D eigenvalue weighted by molar-refractivity contribution is 0.224. The van der Waals surface area contributed by atoms with E-state index < -0.39 is 0 Å². The van der Waals surface area contributed by atoms with Crippen molar-refractivity contribution in [1.82, 2.24) is 9.88 Å². The molecule has 3 heterocycles. The first-order valence-electron chi connectivity index (χ1n) is 6.32. The van der Waals surface area contributed by atoms with E-state index >= 15 is 0 Å². The quantitative estimate of drug-likeness (QED) is 0.796. The number of aromatic amines is 1. The van der Waals surface area contributed by atoms with Crippen molar-refractivity contribution >= 4 is 10.9 Å². The zero-order chi connectivity index (χ0) is 11.2. The van der Waals surface area contributed by atoms with Crippen molar-refractivity contribution in [2.24, 2.45) is 0 Å². The van der Waals surface area contributed by atoms with Crippen LogP contribution in [-0.4, -0.2) is 35.7 Å². The molecule has 0 bridgehead atoms. The van der Waals surface area contributed by atoms with Gasteiger partial charge in [-0.25, -0.2) is 0 Å². The SMILES string of the molecule is c1ccc2c3c([nH]c2c1)CN(C[C@@H]1CO1)CC3. The van der Waals surface area contributed by atoms with Crippen LogP contribution in [0.25, 0.3) is 10.9 Å². The van der Waals surface area contributed by atoms with Gasteiger partial charge in [0.05, 0.1) is 12.7 Å². The summed E-state index contributed by atoms with van der Waals surface area (Å²) >= 11 is 0. The van der Waals surface area contributed by atoms with Crippen LogP contribution in [0.4, 0.5) is 0 Å². The van der Waals surface area contributed by atoms with Crippen LogP contribution in [0.2, 0.25) is 0 Å². The molecule has 2 aromatic rings. The third-order valence-electron chi connectivity index (χ3n) is 3.83. The molecular weight excluding hydrogens is 212 g/mol. The first-order chi connectivity index (χ1) is 8.40. The number of benzene rings is 1. The van der Waals surface area contributed by atoms with Gasteiger partial charge in [0.15, 0.2) is 0 Å². The van der Waals surface area contributed by atoms with Crippen molar-refractivity contribution in [2.75, 3.05) is 19.7 Å². The number of fused-ring (bicyclic) bond motifs is 3. The summed E-state index contributed by atoms with van der Waals surface area (Å²) in [6.45, 7) is 4.25. The summed E-state index contributed by atoms with van der Waals surface area (Å²) in [6, 6.07) is 8.62. The second kappa shape index (κ2) is 3.59. The molecule has 1 N–H and O–H groups in total. The Bertz CT molecular complexity index is 556. The van der Waals surface area contributed by atoms with E-state index in [1.165, 1.54) is 22.2 Å². The zero-order valence-corrected chi connectivity index (χ0v) is 9.78. The summed E-state index contributed by atoms with van der Waals surface area (Å²) in [7, 11) is 0. The van der Waals surface area contributed by atoms with Crippen LogP contribution >= 0.6 is 0 Å². The molecule has 0 aliphatic carbocycles. The lowest BCUT2D eigenvalue weighted by atomic mass is 10.0. The number of hydrogen-bond donors (Lipinski definition) is 1. The van der Waals surface area contributed by atoms with Gasteiger partial charge in [0.2, 0.25) is 0 Å². The molecule has 1 aromatic heterocycles. The van der Waals surface area contributed by atoms with Crippen molar-refractivity contribution in [2.45, 2.75) is 19.1 Å². The second-order valence-corrected chi connectivity index (χ2v) is 5.07. The predicted molar refractivity (Wildman–Crippen MR) is 67.0 cm³/mol. The highest BCUT2D eigenvalue weighted by Gasteiger charge is 2.28. The van der Waals surface area contributed by atoms with Gasteiger partial charge in [0.25, 0.3) is 0 Å². The smallest absolute Gasteiger partial charge is 0.0936 e. The van der Waals surface area contributed by atoms with Crippen LogP contribution in [0.15, 0.2) is 24.3 Å². The fourth-order valence-electron chi connectivity index (χ4n) is 2.87. The van der Waals surface area contributed by atoms with Gasteiger partial charge in [0.1, 0.15) is 0 Å². The van der Waals surface area contributed by atoms with Crippen molar-refractivity contribution in [3.05, 3.63) is 35.5 Å². The zero-order valence-electron chi connectivity index (χ0n) is 9.78. The average molecular weight is 228 g/mol. The van der Waals surface area contributed by atoms with E-state index in [0.717, 1.165) is 32.7 Å². The Labute approximate surface area is 100 Å². The molecule has 0 saturated carbocycles. The van der Waals surface area contributed by atoms with Gasteiger partial charge in [-0.1, -0.05) is 18.2 Å². The van der Waals surface area contributed by atoms with Gasteiger partial charge in [0, 0.05) is 36.2 Å². The molecule has 2 aliphatic heterocycles. The van der Waals surface area contributed by atoms with Crippen LogP contribution < -0.4 is 0 Å². The first kappa shape index (κ1) is 9.68. The van der Waals surface area contributed by atoms with Crippen molar-refractivity contribution in [3.8, 4) is 0 Å². The molecule has 0 radical (unpaired) electrons. The fraction of sp³-hybridized carbons (Fsp3) is 0.429. The topological polar surface area (TPSA) is 31.6 Å². The summed E-state index contributed by atoms with van der Waals surface area (Å²) in [5.74, 6) is 0. The lowest BCUT2D eigenvalue weighted by Gasteiger charge is -2.26. The molecule has 0 unspecified atom stereocenters. The predicted octanol–water partition coefficient (Wildman–Crippen LogP) is 1.92. The Morgan fingerprint density at radius 1 is 1.35 bits per heavy atom. The van der Waals surface area contributed by atoms with E-state index in [1.807, 2.05) is 0 Å². The molecule has 88 valence electrons. The van der Waals surface area contributed by atoms with Gasteiger partial charge in [-0.3, -0.25) is 4.90 Å². The minimum absolute atomic E-state index is 0.501. The second-order valence-electron chi connectivity index (χ2n) is 5.07. The Kier molecular flexibility index (Phi) is 2.04. The number of epoxide rings is 1. The molecule has 1 aromatic carbocycles. The normalized spacial score (nSPS) is 23.9. The summed E-state index contributed by atoms with van der Waals surface area (Å²) in [4.78, 5) is 6.05. The number of hydrogen-bond acceptors (Lipinski definition) is 2. The molecule has 0 amide bonds. The van der Waals surface area contributed by atoms with Gasteiger partial charge < -0.3 is 9.72 Å². The van der Waals surface area contributed by atoms with Crippen LogP contribution in [0.1, 0.15) is 11.3 Å². The lowest BCUT2D eigenvalue weighted by Crippen LogP contribution is -2.33. The number of nitrogens with zero attached hydrogens (tertiary/aromatic N) is 1. The third-order valence-corrected chi connectivity index (χ3v) is 3.83. The van der Waals surface area contributed by atoms with Crippen LogP contribution in [0, 0.1) is 0 Å². The van der Waals surface area contributed by atoms with Gasteiger partial charge in [-0.2, -0.15) is 0 Å². The fourth-order valence-corrected chi connectivity index (χ4v) is 2.87.